The van der Waals surface area contributed by atoms with Crippen LogP contribution in [0.25, 0.3) is 0 Å². The van der Waals surface area contributed by atoms with E-state index < -0.39 is 0 Å². The summed E-state index contributed by atoms with van der Waals surface area (Å²) in [5.41, 5.74) is 6.94. The molecule has 2 atom stereocenters. The maximum atomic E-state index is 5.66. The van der Waals surface area contributed by atoms with E-state index >= 15 is 0 Å². The zero-order chi connectivity index (χ0) is 12.1. The lowest BCUT2D eigenvalue weighted by molar-refractivity contribution is -0.0529. The second-order valence-corrected chi connectivity index (χ2v) is 4.65. The molecule has 1 aromatic heterocycles. The van der Waals surface area contributed by atoms with Crippen molar-refractivity contribution >= 4 is 0 Å². The summed E-state index contributed by atoms with van der Waals surface area (Å²) >= 11 is 0. The lowest BCUT2D eigenvalue weighted by Gasteiger charge is -2.37. The van der Waals surface area contributed by atoms with Crippen molar-refractivity contribution in [3.63, 3.8) is 0 Å². The van der Waals surface area contributed by atoms with Crippen LogP contribution < -0.4 is 5.73 Å². The van der Waals surface area contributed by atoms with Gasteiger partial charge in [0, 0.05) is 38.1 Å². The fourth-order valence-electron chi connectivity index (χ4n) is 2.15. The van der Waals surface area contributed by atoms with Crippen LogP contribution in [0.15, 0.2) is 24.5 Å². The minimum absolute atomic E-state index is 0.195. The van der Waals surface area contributed by atoms with Crippen LogP contribution in [0.5, 0.6) is 0 Å². The predicted octanol–water partition coefficient (Wildman–Crippen LogP) is 0.672. The van der Waals surface area contributed by atoms with E-state index in [4.69, 9.17) is 10.5 Å². The molecular weight excluding hydrogens is 214 g/mol. The SMILES string of the molecule is CC1COC(CN)CN1CCc1cccnc1. The maximum absolute atomic E-state index is 5.66. The fourth-order valence-corrected chi connectivity index (χ4v) is 2.15. The van der Waals surface area contributed by atoms with Crippen molar-refractivity contribution in [2.75, 3.05) is 26.2 Å². The summed E-state index contributed by atoms with van der Waals surface area (Å²) in [5.74, 6) is 0. The molecule has 0 spiro atoms. The second kappa shape index (κ2) is 6.10. The van der Waals surface area contributed by atoms with Crippen molar-refractivity contribution in [1.82, 2.24) is 9.88 Å². The molecule has 0 radical (unpaired) electrons. The van der Waals surface area contributed by atoms with E-state index in [0.29, 0.717) is 12.6 Å². The first-order chi connectivity index (χ1) is 8.29. The Morgan fingerprint density at radius 2 is 2.47 bits per heavy atom. The van der Waals surface area contributed by atoms with Crippen LogP contribution in [0.2, 0.25) is 0 Å². The summed E-state index contributed by atoms with van der Waals surface area (Å²) in [6.07, 6.45) is 4.98. The Labute approximate surface area is 103 Å². The molecule has 1 fully saturated rings. The Bertz CT molecular complexity index is 331. The topological polar surface area (TPSA) is 51.4 Å². The minimum atomic E-state index is 0.195. The molecule has 4 nitrogen and oxygen atoms in total. The Kier molecular flexibility index (Phi) is 4.48. The molecule has 17 heavy (non-hydrogen) atoms. The lowest BCUT2D eigenvalue weighted by atomic mass is 10.1. The van der Waals surface area contributed by atoms with Crippen molar-refractivity contribution in [3.8, 4) is 0 Å². The monoisotopic (exact) mass is 235 g/mol. The number of aromatic nitrogens is 1. The van der Waals surface area contributed by atoms with Crippen molar-refractivity contribution < 1.29 is 4.74 Å². The Morgan fingerprint density at radius 1 is 1.59 bits per heavy atom. The molecule has 1 aliphatic heterocycles. The highest BCUT2D eigenvalue weighted by Crippen LogP contribution is 2.12. The van der Waals surface area contributed by atoms with E-state index in [-0.39, 0.29) is 6.10 Å². The lowest BCUT2D eigenvalue weighted by Crippen LogP contribution is -2.51. The summed E-state index contributed by atoms with van der Waals surface area (Å²) in [5, 5.41) is 0. The number of rotatable bonds is 4. The summed E-state index contributed by atoms with van der Waals surface area (Å²) in [7, 11) is 0. The standard InChI is InChI=1S/C13H21N3O/c1-11-10-17-13(7-14)9-16(11)6-4-12-3-2-5-15-8-12/h2-3,5,8,11,13H,4,6-7,9-10,14H2,1H3. The molecule has 2 heterocycles. The molecule has 2 unspecified atom stereocenters. The van der Waals surface area contributed by atoms with Gasteiger partial charge in [-0.15, -0.1) is 0 Å². The number of hydrogen-bond donors (Lipinski definition) is 1. The largest absolute Gasteiger partial charge is 0.374 e. The van der Waals surface area contributed by atoms with Crippen LogP contribution in [0.3, 0.4) is 0 Å². The van der Waals surface area contributed by atoms with Gasteiger partial charge in [-0.2, -0.15) is 0 Å². The molecule has 0 amide bonds. The van der Waals surface area contributed by atoms with Gasteiger partial charge in [-0.05, 0) is 25.0 Å². The Balaban J connectivity index is 1.85. The highest BCUT2D eigenvalue weighted by molar-refractivity contribution is 5.08. The molecule has 2 rings (SSSR count). The smallest absolute Gasteiger partial charge is 0.0824 e. The van der Waals surface area contributed by atoms with Gasteiger partial charge in [0.15, 0.2) is 0 Å². The number of nitrogens with zero attached hydrogens (tertiary/aromatic N) is 2. The summed E-state index contributed by atoms with van der Waals surface area (Å²) in [6, 6.07) is 4.59. The second-order valence-electron chi connectivity index (χ2n) is 4.65. The van der Waals surface area contributed by atoms with Crippen LogP contribution in [-0.2, 0) is 11.2 Å². The first-order valence-corrected chi connectivity index (χ1v) is 6.24. The van der Waals surface area contributed by atoms with E-state index in [1.165, 1.54) is 5.56 Å². The molecule has 2 N–H and O–H groups in total. The average Bonchev–Trinajstić information content (AvgIpc) is 2.39. The van der Waals surface area contributed by atoms with Crippen LogP contribution in [0.4, 0.5) is 0 Å². The molecule has 0 saturated carbocycles. The van der Waals surface area contributed by atoms with Gasteiger partial charge in [0.05, 0.1) is 12.7 Å². The van der Waals surface area contributed by atoms with Gasteiger partial charge in [0.2, 0.25) is 0 Å². The number of nitrogens with two attached hydrogens (primary N) is 1. The summed E-state index contributed by atoms with van der Waals surface area (Å²) < 4.78 is 5.64. The van der Waals surface area contributed by atoms with Crippen molar-refractivity contribution in [1.29, 1.82) is 0 Å². The molecule has 1 aliphatic rings. The highest BCUT2D eigenvalue weighted by Gasteiger charge is 2.24. The number of hydrogen-bond acceptors (Lipinski definition) is 4. The maximum Gasteiger partial charge on any atom is 0.0824 e. The van der Waals surface area contributed by atoms with Gasteiger partial charge in [0.1, 0.15) is 0 Å². The van der Waals surface area contributed by atoms with Crippen LogP contribution in [0, 0.1) is 0 Å². The Morgan fingerprint density at radius 3 is 3.18 bits per heavy atom. The minimum Gasteiger partial charge on any atom is -0.374 e. The van der Waals surface area contributed by atoms with Crippen LogP contribution >= 0.6 is 0 Å². The molecular formula is C13H21N3O. The van der Waals surface area contributed by atoms with Crippen molar-refractivity contribution in [2.24, 2.45) is 5.73 Å². The van der Waals surface area contributed by atoms with Gasteiger partial charge in [-0.25, -0.2) is 0 Å². The zero-order valence-electron chi connectivity index (χ0n) is 10.4. The third-order valence-electron chi connectivity index (χ3n) is 3.31. The molecule has 94 valence electrons. The normalized spacial score (nSPS) is 26.0. The summed E-state index contributed by atoms with van der Waals surface area (Å²) in [4.78, 5) is 6.59. The molecule has 1 aromatic rings. The first kappa shape index (κ1) is 12.5. The van der Waals surface area contributed by atoms with Crippen LogP contribution in [-0.4, -0.2) is 48.3 Å². The molecule has 4 heteroatoms. The van der Waals surface area contributed by atoms with Gasteiger partial charge in [-0.3, -0.25) is 9.88 Å². The van der Waals surface area contributed by atoms with E-state index in [1.807, 2.05) is 18.5 Å². The number of ether oxygens (including phenoxy) is 1. The van der Waals surface area contributed by atoms with Gasteiger partial charge < -0.3 is 10.5 Å². The van der Waals surface area contributed by atoms with Crippen molar-refractivity contribution in [3.05, 3.63) is 30.1 Å². The quantitative estimate of drug-likeness (QED) is 0.833. The van der Waals surface area contributed by atoms with E-state index in [9.17, 15) is 0 Å². The van der Waals surface area contributed by atoms with E-state index in [0.717, 1.165) is 26.1 Å². The van der Waals surface area contributed by atoms with E-state index in [2.05, 4.69) is 22.9 Å². The Hall–Kier alpha value is -0.970. The molecule has 0 bridgehead atoms. The van der Waals surface area contributed by atoms with Crippen molar-refractivity contribution in [2.45, 2.75) is 25.5 Å². The first-order valence-electron chi connectivity index (χ1n) is 6.24. The molecule has 1 saturated heterocycles. The zero-order valence-corrected chi connectivity index (χ0v) is 10.4. The number of pyridine rings is 1. The van der Waals surface area contributed by atoms with Gasteiger partial charge in [-0.1, -0.05) is 6.07 Å². The van der Waals surface area contributed by atoms with Gasteiger partial charge in [0.25, 0.3) is 0 Å². The van der Waals surface area contributed by atoms with E-state index in [1.54, 1.807) is 0 Å². The molecule has 0 aromatic carbocycles. The summed E-state index contributed by atoms with van der Waals surface area (Å²) in [6.45, 7) is 5.59. The predicted molar refractivity (Wildman–Crippen MR) is 67.8 cm³/mol. The van der Waals surface area contributed by atoms with Gasteiger partial charge >= 0.3 is 0 Å². The fraction of sp³-hybridized carbons (Fsp3) is 0.615. The third-order valence-corrected chi connectivity index (χ3v) is 3.31. The highest BCUT2D eigenvalue weighted by atomic mass is 16.5. The average molecular weight is 235 g/mol. The van der Waals surface area contributed by atoms with Crippen LogP contribution in [0.1, 0.15) is 12.5 Å². The number of morpholine rings is 1. The molecule has 0 aliphatic carbocycles. The third kappa shape index (κ3) is 3.49.